The van der Waals surface area contributed by atoms with Gasteiger partial charge in [0.2, 0.25) is 0 Å². The smallest absolute Gasteiger partial charge is 0.366 e. The molecule has 0 aliphatic carbocycles. The Morgan fingerprint density at radius 2 is 1.95 bits per heavy atom. The van der Waals surface area contributed by atoms with Gasteiger partial charge in [0.1, 0.15) is 16.7 Å². The fraction of sp³-hybridized carbons (Fsp3) is 0.167. The van der Waals surface area contributed by atoms with Crippen molar-refractivity contribution >= 4 is 21.7 Å². The minimum Gasteiger partial charge on any atom is -0.366 e. The first-order valence-corrected chi connectivity index (χ1v) is 6.12. The summed E-state index contributed by atoms with van der Waals surface area (Å²) in [6.45, 7) is 0.257. The third kappa shape index (κ3) is 3.92. The van der Waals surface area contributed by atoms with Crippen molar-refractivity contribution in [3.8, 4) is 0 Å². The van der Waals surface area contributed by atoms with Crippen molar-refractivity contribution in [2.75, 3.05) is 5.32 Å². The van der Waals surface area contributed by atoms with E-state index in [9.17, 15) is 13.2 Å². The number of nitrogens with one attached hydrogen (secondary N) is 1. The van der Waals surface area contributed by atoms with Gasteiger partial charge in [0.25, 0.3) is 0 Å². The van der Waals surface area contributed by atoms with Gasteiger partial charge in [0.15, 0.2) is 0 Å². The first-order valence-electron chi connectivity index (χ1n) is 5.33. The number of alkyl halides is 3. The normalized spacial score (nSPS) is 11.4. The summed E-state index contributed by atoms with van der Waals surface area (Å²) in [5.41, 5.74) is -0.125. The van der Waals surface area contributed by atoms with Crippen molar-refractivity contribution < 1.29 is 13.2 Å². The van der Waals surface area contributed by atoms with Gasteiger partial charge in [-0.1, -0.05) is 12.1 Å². The second kappa shape index (κ2) is 5.56. The van der Waals surface area contributed by atoms with Crippen LogP contribution in [0.25, 0.3) is 0 Å². The van der Waals surface area contributed by atoms with Gasteiger partial charge in [0.05, 0.1) is 5.56 Å². The SMILES string of the molecule is FC(F)(F)c1cccc(CNc2cc(Br)ncn2)c1. The Morgan fingerprint density at radius 1 is 1.16 bits per heavy atom. The lowest BCUT2D eigenvalue weighted by Gasteiger charge is -2.09. The zero-order valence-corrected chi connectivity index (χ0v) is 11.2. The van der Waals surface area contributed by atoms with E-state index in [1.54, 1.807) is 12.1 Å². The first kappa shape index (κ1) is 13.8. The maximum Gasteiger partial charge on any atom is 0.416 e. The molecule has 2 rings (SSSR count). The van der Waals surface area contributed by atoms with Gasteiger partial charge >= 0.3 is 6.18 Å². The van der Waals surface area contributed by atoms with E-state index < -0.39 is 11.7 Å². The summed E-state index contributed by atoms with van der Waals surface area (Å²) in [6.07, 6.45) is -2.97. The number of hydrogen-bond donors (Lipinski definition) is 1. The van der Waals surface area contributed by atoms with E-state index in [1.165, 1.54) is 12.4 Å². The van der Waals surface area contributed by atoms with Crippen molar-refractivity contribution in [1.29, 1.82) is 0 Å². The van der Waals surface area contributed by atoms with Crippen LogP contribution in [0.15, 0.2) is 41.3 Å². The molecule has 0 aliphatic heterocycles. The van der Waals surface area contributed by atoms with E-state index in [1.807, 2.05) is 0 Å². The van der Waals surface area contributed by atoms with Crippen molar-refractivity contribution in [2.45, 2.75) is 12.7 Å². The molecule has 1 heterocycles. The predicted octanol–water partition coefficient (Wildman–Crippen LogP) is 3.87. The summed E-state index contributed by atoms with van der Waals surface area (Å²) < 4.78 is 38.2. The number of halogens is 4. The average molecular weight is 332 g/mol. The maximum absolute atomic E-state index is 12.5. The fourth-order valence-electron chi connectivity index (χ4n) is 1.48. The highest BCUT2D eigenvalue weighted by atomic mass is 79.9. The van der Waals surface area contributed by atoms with E-state index in [0.29, 0.717) is 16.0 Å². The maximum atomic E-state index is 12.5. The highest BCUT2D eigenvalue weighted by Crippen LogP contribution is 2.29. The molecule has 0 fully saturated rings. The molecule has 0 atom stereocenters. The number of benzene rings is 1. The molecule has 2 aromatic rings. The zero-order valence-electron chi connectivity index (χ0n) is 9.58. The van der Waals surface area contributed by atoms with Crippen LogP contribution in [0.3, 0.4) is 0 Å². The quantitative estimate of drug-likeness (QED) is 0.867. The van der Waals surface area contributed by atoms with Gasteiger partial charge in [-0.05, 0) is 33.6 Å². The number of aromatic nitrogens is 2. The second-order valence-electron chi connectivity index (χ2n) is 3.78. The van der Waals surface area contributed by atoms with Gasteiger partial charge < -0.3 is 5.32 Å². The molecule has 0 saturated carbocycles. The Morgan fingerprint density at radius 3 is 2.63 bits per heavy atom. The standard InChI is InChI=1S/C12H9BrF3N3/c13-10-5-11(19-7-18-10)17-6-8-2-1-3-9(4-8)12(14,15)16/h1-5,7H,6H2,(H,17,18,19). The summed E-state index contributed by atoms with van der Waals surface area (Å²) in [4.78, 5) is 7.81. The highest BCUT2D eigenvalue weighted by Gasteiger charge is 2.30. The molecule has 0 radical (unpaired) electrons. The Balaban J connectivity index is 2.08. The molecule has 7 heteroatoms. The zero-order chi connectivity index (χ0) is 13.9. The van der Waals surface area contributed by atoms with Crippen LogP contribution in [0.5, 0.6) is 0 Å². The van der Waals surface area contributed by atoms with Crippen LogP contribution in [0.1, 0.15) is 11.1 Å². The number of nitrogens with zero attached hydrogens (tertiary/aromatic N) is 2. The van der Waals surface area contributed by atoms with Crippen LogP contribution in [0.2, 0.25) is 0 Å². The van der Waals surface area contributed by atoms with Crippen molar-refractivity contribution in [3.63, 3.8) is 0 Å². The summed E-state index contributed by atoms with van der Waals surface area (Å²) in [5.74, 6) is 0.541. The van der Waals surface area contributed by atoms with Crippen LogP contribution in [0, 0.1) is 0 Å². The Bertz CT molecular complexity index is 572. The summed E-state index contributed by atoms with van der Waals surface area (Å²) in [7, 11) is 0. The molecule has 1 aromatic carbocycles. The van der Waals surface area contributed by atoms with Crippen LogP contribution in [0.4, 0.5) is 19.0 Å². The molecule has 1 N–H and O–H groups in total. The van der Waals surface area contributed by atoms with E-state index in [4.69, 9.17) is 0 Å². The van der Waals surface area contributed by atoms with E-state index in [-0.39, 0.29) is 6.54 Å². The lowest BCUT2D eigenvalue weighted by Crippen LogP contribution is -2.07. The van der Waals surface area contributed by atoms with Gasteiger partial charge in [-0.25, -0.2) is 9.97 Å². The van der Waals surface area contributed by atoms with Gasteiger partial charge in [-0.2, -0.15) is 13.2 Å². The van der Waals surface area contributed by atoms with E-state index in [0.717, 1.165) is 12.1 Å². The molecule has 0 amide bonds. The minimum atomic E-state index is -4.33. The Hall–Kier alpha value is -1.63. The molecule has 0 saturated heterocycles. The monoisotopic (exact) mass is 331 g/mol. The second-order valence-corrected chi connectivity index (χ2v) is 4.59. The molecule has 3 nitrogen and oxygen atoms in total. The summed E-state index contributed by atoms with van der Waals surface area (Å²) in [6, 6.07) is 6.82. The molecular weight excluding hydrogens is 323 g/mol. The lowest BCUT2D eigenvalue weighted by molar-refractivity contribution is -0.137. The van der Waals surface area contributed by atoms with Crippen molar-refractivity contribution in [1.82, 2.24) is 9.97 Å². The molecular formula is C12H9BrF3N3. The molecule has 100 valence electrons. The van der Waals surface area contributed by atoms with Crippen LogP contribution < -0.4 is 5.32 Å². The minimum absolute atomic E-state index is 0.257. The lowest BCUT2D eigenvalue weighted by atomic mass is 10.1. The Kier molecular flexibility index (Phi) is 4.04. The topological polar surface area (TPSA) is 37.8 Å². The average Bonchev–Trinajstić information content (AvgIpc) is 2.36. The van der Waals surface area contributed by atoms with Crippen LogP contribution in [-0.4, -0.2) is 9.97 Å². The molecule has 0 unspecified atom stereocenters. The first-order chi connectivity index (χ1) is 8.95. The van der Waals surface area contributed by atoms with Crippen LogP contribution >= 0.6 is 15.9 Å². The number of rotatable bonds is 3. The Labute approximate surface area is 116 Å². The predicted molar refractivity (Wildman–Crippen MR) is 68.5 cm³/mol. The van der Waals surface area contributed by atoms with E-state index >= 15 is 0 Å². The van der Waals surface area contributed by atoms with Crippen LogP contribution in [-0.2, 0) is 12.7 Å². The largest absolute Gasteiger partial charge is 0.416 e. The number of anilines is 1. The molecule has 0 spiro atoms. The third-order valence-electron chi connectivity index (χ3n) is 2.36. The van der Waals surface area contributed by atoms with Gasteiger partial charge in [-0.15, -0.1) is 0 Å². The summed E-state index contributed by atoms with van der Waals surface area (Å²) >= 11 is 3.19. The highest BCUT2D eigenvalue weighted by molar-refractivity contribution is 9.10. The molecule has 0 bridgehead atoms. The molecule has 19 heavy (non-hydrogen) atoms. The summed E-state index contributed by atoms with van der Waals surface area (Å²) in [5, 5.41) is 2.93. The van der Waals surface area contributed by atoms with Gasteiger partial charge in [0, 0.05) is 12.6 Å². The van der Waals surface area contributed by atoms with Crippen molar-refractivity contribution in [2.24, 2.45) is 0 Å². The van der Waals surface area contributed by atoms with Gasteiger partial charge in [-0.3, -0.25) is 0 Å². The molecule has 0 aliphatic rings. The molecule has 1 aromatic heterocycles. The third-order valence-corrected chi connectivity index (χ3v) is 2.80. The fourth-order valence-corrected chi connectivity index (χ4v) is 1.79. The van der Waals surface area contributed by atoms with E-state index in [2.05, 4.69) is 31.2 Å². The number of hydrogen-bond acceptors (Lipinski definition) is 3. The van der Waals surface area contributed by atoms with Crippen molar-refractivity contribution in [3.05, 3.63) is 52.4 Å².